The summed E-state index contributed by atoms with van der Waals surface area (Å²) in [5.41, 5.74) is 3.08. The SMILES string of the molecule is CCCCCCCOc1ccc(-c2cn(COCC[Si](C)(C)C)c(-c3ccc(C[C@H](NC(=O)OC(C)(C)C)C(C)=O)cc3)n2)cc1. The number of Topliss-reactive ketones (excluding diaryl/α,β-unsaturated/α-hetero) is 1. The fourth-order valence-corrected chi connectivity index (χ4v) is 5.57. The molecule has 0 saturated carbocycles. The van der Waals surface area contributed by atoms with Crippen LogP contribution in [0.2, 0.25) is 25.7 Å². The minimum atomic E-state index is -1.21. The molecule has 0 bridgehead atoms. The molecule has 1 aromatic heterocycles. The van der Waals surface area contributed by atoms with Gasteiger partial charge in [0.1, 0.15) is 23.9 Å². The number of nitrogens with one attached hydrogen (secondary N) is 1. The molecule has 1 heterocycles. The van der Waals surface area contributed by atoms with E-state index in [9.17, 15) is 9.59 Å². The van der Waals surface area contributed by atoms with E-state index in [-0.39, 0.29) is 5.78 Å². The van der Waals surface area contributed by atoms with E-state index in [1.54, 1.807) is 20.8 Å². The Bertz CT molecular complexity index is 1370. The highest BCUT2D eigenvalue weighted by Gasteiger charge is 2.23. The monoisotopic (exact) mass is 649 g/mol. The maximum absolute atomic E-state index is 12.3. The number of ketones is 1. The Kier molecular flexibility index (Phi) is 14.1. The van der Waals surface area contributed by atoms with Gasteiger partial charge in [0, 0.05) is 32.0 Å². The summed E-state index contributed by atoms with van der Waals surface area (Å²) in [4.78, 5) is 29.7. The lowest BCUT2D eigenvalue weighted by Gasteiger charge is -2.22. The van der Waals surface area contributed by atoms with Gasteiger partial charge in [0.15, 0.2) is 5.78 Å². The van der Waals surface area contributed by atoms with Crippen molar-refractivity contribution in [2.45, 2.75) is 117 Å². The molecule has 0 radical (unpaired) electrons. The normalized spacial score (nSPS) is 12.5. The molecule has 3 rings (SSSR count). The van der Waals surface area contributed by atoms with Crippen molar-refractivity contribution >= 4 is 20.0 Å². The van der Waals surface area contributed by atoms with Gasteiger partial charge < -0.3 is 24.1 Å². The Morgan fingerprint density at radius 2 is 1.57 bits per heavy atom. The third-order valence-electron chi connectivity index (χ3n) is 7.50. The van der Waals surface area contributed by atoms with Crippen molar-refractivity contribution in [2.75, 3.05) is 13.2 Å². The van der Waals surface area contributed by atoms with Crippen LogP contribution in [-0.4, -0.2) is 54.4 Å². The van der Waals surface area contributed by atoms with Crippen LogP contribution in [-0.2, 0) is 27.4 Å². The lowest BCUT2D eigenvalue weighted by atomic mass is 10.0. The highest BCUT2D eigenvalue weighted by molar-refractivity contribution is 6.76. The van der Waals surface area contributed by atoms with Gasteiger partial charge in [0.2, 0.25) is 0 Å². The van der Waals surface area contributed by atoms with Gasteiger partial charge in [-0.15, -0.1) is 0 Å². The van der Waals surface area contributed by atoms with E-state index in [1.807, 2.05) is 42.6 Å². The van der Waals surface area contributed by atoms with Crippen LogP contribution < -0.4 is 10.1 Å². The molecule has 3 aromatic rings. The van der Waals surface area contributed by atoms with Gasteiger partial charge >= 0.3 is 6.09 Å². The first-order valence-corrected chi connectivity index (χ1v) is 20.4. The molecular weight excluding hydrogens is 595 g/mol. The molecular formula is C37H55N3O5Si. The first-order chi connectivity index (χ1) is 21.7. The number of rotatable bonds is 18. The first-order valence-electron chi connectivity index (χ1n) is 16.7. The van der Waals surface area contributed by atoms with Gasteiger partial charge in [-0.2, -0.15) is 0 Å². The molecule has 0 unspecified atom stereocenters. The minimum absolute atomic E-state index is 0.131. The van der Waals surface area contributed by atoms with E-state index in [1.165, 1.54) is 32.6 Å². The van der Waals surface area contributed by atoms with E-state index in [4.69, 9.17) is 19.2 Å². The molecule has 252 valence electrons. The lowest BCUT2D eigenvalue weighted by molar-refractivity contribution is -0.119. The van der Waals surface area contributed by atoms with Crippen LogP contribution in [0, 0.1) is 0 Å². The molecule has 0 aliphatic heterocycles. The quantitative estimate of drug-likeness (QED) is 0.109. The molecule has 1 amide bonds. The summed E-state index contributed by atoms with van der Waals surface area (Å²) in [6.45, 7) is 18.0. The second kappa shape index (κ2) is 17.5. The number of aromatic nitrogens is 2. The van der Waals surface area contributed by atoms with Crippen LogP contribution in [0.4, 0.5) is 4.79 Å². The number of unbranched alkanes of at least 4 members (excludes halogenated alkanes) is 4. The zero-order chi connectivity index (χ0) is 33.7. The standard InChI is InChI=1S/C37H55N3O5Si/c1-9-10-11-12-13-22-44-32-20-18-30(19-21-32)34-26-40(27-43-23-24-46(6,7)8)35(38-34)31-16-14-29(15-17-31)25-33(28(2)41)39-36(42)45-37(3,4)5/h14-21,26,33H,9-13,22-25,27H2,1-8H3,(H,39,42)/t33-/m0/s1. The summed E-state index contributed by atoms with van der Waals surface area (Å²) in [5, 5.41) is 2.71. The van der Waals surface area contributed by atoms with Gasteiger partial charge in [0.05, 0.1) is 18.3 Å². The van der Waals surface area contributed by atoms with Gasteiger partial charge in [-0.05, 0) is 76.4 Å². The van der Waals surface area contributed by atoms with Gasteiger partial charge in [-0.1, -0.05) is 76.5 Å². The Morgan fingerprint density at radius 1 is 0.913 bits per heavy atom. The summed E-state index contributed by atoms with van der Waals surface area (Å²) >= 11 is 0. The Balaban J connectivity index is 1.75. The van der Waals surface area contributed by atoms with Crippen LogP contribution in [0.3, 0.4) is 0 Å². The topological polar surface area (TPSA) is 91.7 Å². The smallest absolute Gasteiger partial charge is 0.408 e. The zero-order valence-corrected chi connectivity index (χ0v) is 30.3. The Hall–Kier alpha value is -3.43. The molecule has 0 saturated heterocycles. The second-order valence-electron chi connectivity index (χ2n) is 14.3. The molecule has 8 nitrogen and oxygen atoms in total. The van der Waals surface area contributed by atoms with E-state index in [0.29, 0.717) is 19.8 Å². The van der Waals surface area contributed by atoms with E-state index in [2.05, 4.69) is 48.6 Å². The van der Waals surface area contributed by atoms with Gasteiger partial charge in [-0.3, -0.25) is 4.79 Å². The number of benzene rings is 2. The number of amides is 1. The van der Waals surface area contributed by atoms with Crippen molar-refractivity contribution in [1.82, 2.24) is 14.9 Å². The summed E-state index contributed by atoms with van der Waals surface area (Å²) in [7, 11) is -1.21. The van der Waals surface area contributed by atoms with Crippen molar-refractivity contribution in [1.29, 1.82) is 0 Å². The minimum Gasteiger partial charge on any atom is -0.494 e. The van der Waals surface area contributed by atoms with Crippen LogP contribution in [0.1, 0.15) is 72.3 Å². The summed E-state index contributed by atoms with van der Waals surface area (Å²) < 4.78 is 19.5. The third-order valence-corrected chi connectivity index (χ3v) is 9.21. The maximum atomic E-state index is 12.3. The van der Waals surface area contributed by atoms with Crippen LogP contribution in [0.5, 0.6) is 5.75 Å². The molecule has 46 heavy (non-hydrogen) atoms. The summed E-state index contributed by atoms with van der Waals surface area (Å²) in [6, 6.07) is 16.5. The Morgan fingerprint density at radius 3 is 2.17 bits per heavy atom. The van der Waals surface area contributed by atoms with Gasteiger partial charge in [-0.25, -0.2) is 9.78 Å². The van der Waals surface area contributed by atoms with E-state index < -0.39 is 25.8 Å². The van der Waals surface area contributed by atoms with Crippen LogP contribution >= 0.6 is 0 Å². The zero-order valence-electron chi connectivity index (χ0n) is 29.3. The number of ether oxygens (including phenoxy) is 3. The van der Waals surface area contributed by atoms with Crippen molar-refractivity contribution in [3.05, 3.63) is 60.3 Å². The van der Waals surface area contributed by atoms with Crippen LogP contribution in [0.15, 0.2) is 54.7 Å². The largest absolute Gasteiger partial charge is 0.494 e. The molecule has 1 atom stereocenters. The third kappa shape index (κ3) is 13.1. The van der Waals surface area contributed by atoms with Crippen molar-refractivity contribution in [3.63, 3.8) is 0 Å². The number of hydrogen-bond donors (Lipinski definition) is 1. The molecule has 0 aliphatic rings. The van der Waals surface area contributed by atoms with Crippen LogP contribution in [0.25, 0.3) is 22.6 Å². The van der Waals surface area contributed by atoms with E-state index >= 15 is 0 Å². The predicted molar refractivity (Wildman–Crippen MR) is 189 cm³/mol. The molecule has 0 fully saturated rings. The molecule has 0 spiro atoms. The molecule has 1 N–H and O–H groups in total. The predicted octanol–water partition coefficient (Wildman–Crippen LogP) is 8.90. The number of nitrogens with zero attached hydrogens (tertiary/aromatic N) is 2. The second-order valence-corrected chi connectivity index (χ2v) is 19.9. The van der Waals surface area contributed by atoms with Crippen molar-refractivity contribution < 1.29 is 23.8 Å². The van der Waals surface area contributed by atoms with Crippen molar-refractivity contribution in [2.24, 2.45) is 0 Å². The molecule has 0 aliphatic carbocycles. The van der Waals surface area contributed by atoms with E-state index in [0.717, 1.165) is 53.0 Å². The van der Waals surface area contributed by atoms with Gasteiger partial charge in [0.25, 0.3) is 0 Å². The first kappa shape index (κ1) is 37.0. The highest BCUT2D eigenvalue weighted by Crippen LogP contribution is 2.27. The number of imidazole rings is 1. The fourth-order valence-electron chi connectivity index (χ4n) is 4.81. The molecule has 2 aromatic carbocycles. The number of alkyl carbamates (subject to hydrolysis) is 1. The maximum Gasteiger partial charge on any atom is 0.408 e. The Labute approximate surface area is 277 Å². The number of hydrogen-bond acceptors (Lipinski definition) is 6. The fraction of sp³-hybridized carbons (Fsp3) is 0.541. The number of carbonyl (C=O) groups excluding carboxylic acids is 2. The number of carbonyl (C=O) groups is 2. The molecule has 9 heteroatoms. The average molecular weight is 650 g/mol. The lowest BCUT2D eigenvalue weighted by Crippen LogP contribution is -2.43. The highest BCUT2D eigenvalue weighted by atomic mass is 28.3. The van der Waals surface area contributed by atoms with Crippen molar-refractivity contribution in [3.8, 4) is 28.4 Å². The summed E-state index contributed by atoms with van der Waals surface area (Å²) in [5.74, 6) is 1.54. The summed E-state index contributed by atoms with van der Waals surface area (Å²) in [6.07, 6.45) is 7.86. The average Bonchev–Trinajstić information content (AvgIpc) is 3.40.